The number of halogens is 2. The molecule has 0 saturated carbocycles. The molecule has 0 radical (unpaired) electrons. The summed E-state index contributed by atoms with van der Waals surface area (Å²) in [6.07, 6.45) is -3.29. The molecule has 0 aromatic heterocycles. The van der Waals surface area contributed by atoms with Crippen LogP contribution >= 0.6 is 23.2 Å². The zero-order valence-electron chi connectivity index (χ0n) is 24.1. The van der Waals surface area contributed by atoms with Crippen LogP contribution in [-0.2, 0) is 35.3 Å². The van der Waals surface area contributed by atoms with Crippen LogP contribution in [0, 0.1) is 5.92 Å². The van der Waals surface area contributed by atoms with Gasteiger partial charge in [-0.2, -0.15) is 0 Å². The number of ketones is 1. The first-order chi connectivity index (χ1) is 22.0. The molecule has 0 bridgehead atoms. The number of nitrogens with zero attached hydrogens (tertiary/aromatic N) is 1. The Balaban J connectivity index is 1.28. The summed E-state index contributed by atoms with van der Waals surface area (Å²) in [5.74, 6) is -5.45. The van der Waals surface area contributed by atoms with E-state index in [1.54, 1.807) is 24.3 Å². The van der Waals surface area contributed by atoms with Gasteiger partial charge in [0.2, 0.25) is 18.1 Å². The van der Waals surface area contributed by atoms with Crippen LogP contribution in [0.15, 0.2) is 66.7 Å². The SMILES string of the molecule is Nc1c(Cl)cc(C(=O)NC(O)C(=O)[C@@H]2CNc3ccccc3N(CC(=O)N[C@H]3CC(=O)OC3OCc3ccccc3)C2=O)cc1Cl. The lowest BCUT2D eigenvalue weighted by Gasteiger charge is -2.26. The van der Waals surface area contributed by atoms with Gasteiger partial charge in [-0.25, -0.2) is 0 Å². The number of aliphatic hydroxyl groups is 1. The number of ether oxygens (including phenoxy) is 2. The van der Waals surface area contributed by atoms with E-state index >= 15 is 0 Å². The van der Waals surface area contributed by atoms with Gasteiger partial charge in [-0.05, 0) is 29.8 Å². The van der Waals surface area contributed by atoms with Crippen LogP contribution in [0.4, 0.5) is 17.1 Å². The Hall–Kier alpha value is -4.69. The normalized spacial score (nSPS) is 19.7. The molecule has 0 spiro atoms. The van der Waals surface area contributed by atoms with Crippen molar-refractivity contribution in [3.05, 3.63) is 87.9 Å². The maximum Gasteiger partial charge on any atom is 0.310 e. The topological polar surface area (TPSA) is 189 Å². The van der Waals surface area contributed by atoms with Crippen molar-refractivity contribution in [3.63, 3.8) is 0 Å². The third kappa shape index (κ3) is 7.40. The number of benzene rings is 3. The Morgan fingerprint density at radius 1 is 1.07 bits per heavy atom. The monoisotopic (exact) mass is 669 g/mol. The van der Waals surface area contributed by atoms with Crippen LogP contribution < -0.4 is 26.6 Å². The molecule has 1 fully saturated rings. The summed E-state index contributed by atoms with van der Waals surface area (Å²) in [7, 11) is 0. The Morgan fingerprint density at radius 2 is 1.74 bits per heavy atom. The van der Waals surface area contributed by atoms with Gasteiger partial charge in [0.1, 0.15) is 18.5 Å². The molecule has 4 atom stereocenters. The van der Waals surface area contributed by atoms with Gasteiger partial charge in [-0.15, -0.1) is 0 Å². The second-order valence-corrected chi connectivity index (χ2v) is 11.4. The number of nitrogen functional groups attached to an aromatic ring is 1. The fourth-order valence-corrected chi connectivity index (χ4v) is 5.48. The minimum Gasteiger partial charge on any atom is -0.433 e. The van der Waals surface area contributed by atoms with E-state index in [1.165, 1.54) is 12.1 Å². The van der Waals surface area contributed by atoms with Crippen molar-refractivity contribution >= 4 is 69.7 Å². The van der Waals surface area contributed by atoms with Crippen molar-refractivity contribution in [1.82, 2.24) is 10.6 Å². The van der Waals surface area contributed by atoms with Crippen LogP contribution in [0.1, 0.15) is 22.3 Å². The number of hydrogen-bond acceptors (Lipinski definition) is 10. The van der Waals surface area contributed by atoms with Crippen LogP contribution in [0.2, 0.25) is 10.0 Å². The molecule has 6 N–H and O–H groups in total. The van der Waals surface area contributed by atoms with Crippen molar-refractivity contribution < 1.29 is 38.6 Å². The Morgan fingerprint density at radius 3 is 2.46 bits per heavy atom. The Bertz CT molecular complexity index is 1650. The highest BCUT2D eigenvalue weighted by molar-refractivity contribution is 6.39. The fourth-order valence-electron chi connectivity index (χ4n) is 4.99. The zero-order chi connectivity index (χ0) is 33.0. The zero-order valence-corrected chi connectivity index (χ0v) is 25.6. The number of hydrogen-bond donors (Lipinski definition) is 5. The summed E-state index contributed by atoms with van der Waals surface area (Å²) in [6.45, 7) is -0.641. The summed E-state index contributed by atoms with van der Waals surface area (Å²) in [6, 6.07) is 17.4. The van der Waals surface area contributed by atoms with Crippen LogP contribution in [-0.4, -0.2) is 66.2 Å². The third-order valence-electron chi connectivity index (χ3n) is 7.35. The molecule has 5 rings (SSSR count). The van der Waals surface area contributed by atoms with E-state index in [4.69, 9.17) is 38.4 Å². The molecule has 2 aliphatic heterocycles. The first kappa shape index (κ1) is 32.7. The van der Waals surface area contributed by atoms with Gasteiger partial charge >= 0.3 is 5.97 Å². The van der Waals surface area contributed by atoms with E-state index in [-0.39, 0.29) is 40.9 Å². The van der Waals surface area contributed by atoms with Gasteiger partial charge in [0.05, 0.1) is 40.1 Å². The number of amides is 3. The first-order valence-electron chi connectivity index (χ1n) is 14.1. The number of esters is 1. The highest BCUT2D eigenvalue weighted by Crippen LogP contribution is 2.31. The molecule has 13 nitrogen and oxygen atoms in total. The fraction of sp³-hybridized carbons (Fsp3) is 0.258. The molecule has 1 saturated heterocycles. The van der Waals surface area contributed by atoms with Gasteiger partial charge in [0, 0.05) is 12.1 Å². The Kier molecular flexibility index (Phi) is 10.1. The van der Waals surface area contributed by atoms with Gasteiger partial charge in [0.15, 0.2) is 12.0 Å². The average molecular weight is 671 g/mol. The number of nitrogens with two attached hydrogens (primary N) is 1. The summed E-state index contributed by atoms with van der Waals surface area (Å²) < 4.78 is 11.0. The lowest BCUT2D eigenvalue weighted by Crippen LogP contribution is -2.52. The maximum atomic E-state index is 13.8. The van der Waals surface area contributed by atoms with Crippen molar-refractivity contribution in [1.29, 1.82) is 0 Å². The summed E-state index contributed by atoms with van der Waals surface area (Å²) in [4.78, 5) is 66.3. The second kappa shape index (κ2) is 14.2. The number of Topliss-reactive ketones (excluding diaryl/α,β-unsaturated/α-hetero) is 1. The number of aliphatic hydroxyl groups excluding tert-OH is 1. The van der Waals surface area contributed by atoms with Gasteiger partial charge in [-0.3, -0.25) is 24.0 Å². The molecule has 2 heterocycles. The number of nitrogens with one attached hydrogen (secondary N) is 3. The number of para-hydroxylation sites is 2. The molecule has 46 heavy (non-hydrogen) atoms. The lowest BCUT2D eigenvalue weighted by molar-refractivity contribution is -0.168. The molecule has 3 aromatic carbocycles. The van der Waals surface area contributed by atoms with Crippen molar-refractivity contribution in [2.45, 2.75) is 31.6 Å². The largest absolute Gasteiger partial charge is 0.433 e. The van der Waals surface area contributed by atoms with Crippen molar-refractivity contribution in [3.8, 4) is 0 Å². The van der Waals surface area contributed by atoms with E-state index < -0.39 is 60.5 Å². The van der Waals surface area contributed by atoms with Gasteiger partial charge < -0.3 is 41.2 Å². The molecule has 2 unspecified atom stereocenters. The van der Waals surface area contributed by atoms with Crippen LogP contribution in [0.5, 0.6) is 0 Å². The predicted octanol–water partition coefficient (Wildman–Crippen LogP) is 2.24. The maximum absolute atomic E-state index is 13.8. The van der Waals surface area contributed by atoms with E-state index in [0.717, 1.165) is 10.5 Å². The minimum absolute atomic E-state index is 0.00379. The van der Waals surface area contributed by atoms with E-state index in [1.807, 2.05) is 30.3 Å². The molecule has 0 aliphatic carbocycles. The highest BCUT2D eigenvalue weighted by atomic mass is 35.5. The number of carbonyl (C=O) groups excluding carboxylic acids is 5. The van der Waals surface area contributed by atoms with Gasteiger partial charge in [-0.1, -0.05) is 65.7 Å². The quantitative estimate of drug-likeness (QED) is 0.0926. The highest BCUT2D eigenvalue weighted by Gasteiger charge is 2.41. The van der Waals surface area contributed by atoms with Gasteiger partial charge in [0.25, 0.3) is 5.91 Å². The molecule has 2 aliphatic rings. The second-order valence-electron chi connectivity index (χ2n) is 10.5. The molecule has 3 amide bonds. The number of rotatable bonds is 10. The number of cyclic esters (lactones) is 1. The number of anilines is 3. The first-order valence-corrected chi connectivity index (χ1v) is 14.8. The molecule has 240 valence electrons. The summed E-state index contributed by atoms with van der Waals surface area (Å²) >= 11 is 12.0. The van der Waals surface area contributed by atoms with Crippen molar-refractivity contribution in [2.24, 2.45) is 5.92 Å². The summed E-state index contributed by atoms with van der Waals surface area (Å²) in [5.41, 5.74) is 7.27. The van der Waals surface area contributed by atoms with Crippen LogP contribution in [0.25, 0.3) is 0 Å². The standard InChI is InChI=1S/C31H29Cl2N5O8/c32-19-10-17(11-20(33)26(19)34)28(42)37-29(43)27(41)18-13-35-21-8-4-5-9-23(21)38(30(18)44)14-24(39)36-22-12-25(40)46-31(22)45-15-16-6-2-1-3-7-16/h1-11,18,22,29,31,35,43H,12-15,34H2,(H,36,39)(H,37,42)/t18-,22-,29?,31?/m0/s1. The third-order valence-corrected chi connectivity index (χ3v) is 7.97. The molecular weight excluding hydrogens is 641 g/mol. The number of fused-ring (bicyclic) bond motifs is 1. The Labute approximate surface area is 272 Å². The average Bonchev–Trinajstić information content (AvgIpc) is 3.32. The van der Waals surface area contributed by atoms with Crippen molar-refractivity contribution in [2.75, 3.05) is 29.0 Å². The van der Waals surface area contributed by atoms with Crippen LogP contribution in [0.3, 0.4) is 0 Å². The molecule has 3 aromatic rings. The molecule has 15 heteroatoms. The smallest absolute Gasteiger partial charge is 0.310 e. The van der Waals surface area contributed by atoms with E-state index in [2.05, 4.69) is 16.0 Å². The predicted molar refractivity (Wildman–Crippen MR) is 168 cm³/mol. The lowest BCUT2D eigenvalue weighted by atomic mass is 10.0. The van der Waals surface area contributed by atoms with E-state index in [0.29, 0.717) is 11.4 Å². The summed E-state index contributed by atoms with van der Waals surface area (Å²) in [5, 5.41) is 18.5. The molecular formula is C31H29Cl2N5O8. The van der Waals surface area contributed by atoms with E-state index in [9.17, 15) is 29.1 Å². The number of carbonyl (C=O) groups is 5. The minimum atomic E-state index is -2.10.